The van der Waals surface area contributed by atoms with Crippen LogP contribution >= 0.6 is 15.9 Å². The van der Waals surface area contributed by atoms with Gasteiger partial charge in [0.25, 0.3) is 0 Å². The molecule has 1 fully saturated rings. The van der Waals surface area contributed by atoms with Gasteiger partial charge in [0.05, 0.1) is 0 Å². The van der Waals surface area contributed by atoms with E-state index in [1.54, 1.807) is 0 Å². The minimum absolute atomic E-state index is 0.0927. The molecule has 0 radical (unpaired) electrons. The van der Waals surface area contributed by atoms with Crippen LogP contribution in [0.1, 0.15) is 12.8 Å². The summed E-state index contributed by atoms with van der Waals surface area (Å²) in [6.45, 7) is 0.277. The van der Waals surface area contributed by atoms with Gasteiger partial charge in [-0.15, -0.1) is 0 Å². The number of hydrogen-bond donors (Lipinski definition) is 2. The molecular formula is C10H14BrN3O2S. The van der Waals surface area contributed by atoms with Crippen LogP contribution in [0.5, 0.6) is 0 Å². The van der Waals surface area contributed by atoms with Crippen molar-refractivity contribution in [1.29, 1.82) is 0 Å². The van der Waals surface area contributed by atoms with Crippen molar-refractivity contribution in [2.45, 2.75) is 23.8 Å². The van der Waals surface area contributed by atoms with Gasteiger partial charge in [0.2, 0.25) is 10.0 Å². The topological polar surface area (TPSA) is 85.1 Å². The summed E-state index contributed by atoms with van der Waals surface area (Å²) in [6, 6.07) is 1.42. The Morgan fingerprint density at radius 3 is 2.82 bits per heavy atom. The van der Waals surface area contributed by atoms with Gasteiger partial charge in [0.15, 0.2) is 0 Å². The van der Waals surface area contributed by atoms with Crippen LogP contribution in [-0.4, -0.2) is 26.0 Å². The Kier molecular flexibility index (Phi) is 3.82. The number of nitrogens with zero attached hydrogens (tertiary/aromatic N) is 1. The number of aromatic nitrogens is 1. The van der Waals surface area contributed by atoms with Crippen molar-refractivity contribution in [3.05, 3.63) is 22.9 Å². The second-order valence-corrected chi connectivity index (χ2v) is 6.87. The Bertz CT molecular complexity index is 502. The van der Waals surface area contributed by atoms with E-state index < -0.39 is 10.0 Å². The van der Waals surface area contributed by atoms with Crippen molar-refractivity contribution in [1.82, 2.24) is 9.71 Å². The maximum absolute atomic E-state index is 11.9. The van der Waals surface area contributed by atoms with Gasteiger partial charge in [-0.25, -0.2) is 13.1 Å². The smallest absolute Gasteiger partial charge is 0.242 e. The van der Waals surface area contributed by atoms with Crippen LogP contribution in [0.3, 0.4) is 0 Å². The third kappa shape index (κ3) is 3.48. The lowest BCUT2D eigenvalue weighted by atomic mass is 10.2. The summed E-state index contributed by atoms with van der Waals surface area (Å²) in [6.07, 6.45) is 5.05. The van der Waals surface area contributed by atoms with E-state index in [0.717, 1.165) is 12.8 Å². The van der Waals surface area contributed by atoms with Crippen molar-refractivity contribution < 1.29 is 8.42 Å². The van der Waals surface area contributed by atoms with Gasteiger partial charge in [-0.1, -0.05) is 0 Å². The summed E-state index contributed by atoms with van der Waals surface area (Å²) in [5, 5.41) is 0. The van der Waals surface area contributed by atoms with Gasteiger partial charge in [-0.2, -0.15) is 0 Å². The Balaban J connectivity index is 2.03. The summed E-state index contributed by atoms with van der Waals surface area (Å²) >= 11 is 3.19. The highest BCUT2D eigenvalue weighted by Gasteiger charge is 2.29. The molecule has 1 unspecified atom stereocenters. The normalized spacial score (nSPS) is 18.0. The predicted octanol–water partition coefficient (Wildman–Crippen LogP) is 0.860. The average molecular weight is 320 g/mol. The number of nitrogens with one attached hydrogen (secondary N) is 1. The van der Waals surface area contributed by atoms with Crippen LogP contribution in [0.4, 0.5) is 0 Å². The standard InChI is InChI=1S/C10H14BrN3O2S/c11-8-3-9(5-13-4-8)17(15,16)14-6-10(12)7-1-2-7/h3-5,7,10,14H,1-2,6,12H2. The zero-order valence-corrected chi connectivity index (χ0v) is 11.5. The third-order valence-corrected chi connectivity index (χ3v) is 4.55. The third-order valence-electron chi connectivity index (χ3n) is 2.73. The highest BCUT2D eigenvalue weighted by Crippen LogP contribution is 2.31. The lowest BCUT2D eigenvalue weighted by Crippen LogP contribution is -2.38. The lowest BCUT2D eigenvalue weighted by molar-refractivity contribution is 0.547. The summed E-state index contributed by atoms with van der Waals surface area (Å²) in [5.74, 6) is 0.471. The minimum Gasteiger partial charge on any atom is -0.326 e. The first-order chi connectivity index (χ1) is 7.99. The quantitative estimate of drug-likeness (QED) is 0.843. The van der Waals surface area contributed by atoms with Gasteiger partial charge < -0.3 is 5.73 Å². The molecule has 94 valence electrons. The molecule has 2 rings (SSSR count). The highest BCUT2D eigenvalue weighted by molar-refractivity contribution is 9.10. The van der Waals surface area contributed by atoms with Gasteiger partial charge in [0.1, 0.15) is 4.90 Å². The SMILES string of the molecule is NC(CNS(=O)(=O)c1cncc(Br)c1)C1CC1. The number of nitrogens with two attached hydrogens (primary N) is 1. The van der Waals surface area contributed by atoms with Crippen molar-refractivity contribution in [3.63, 3.8) is 0 Å². The van der Waals surface area contributed by atoms with Gasteiger partial charge in [-0.05, 0) is 40.8 Å². The monoisotopic (exact) mass is 319 g/mol. The number of sulfonamides is 1. The summed E-state index contributed by atoms with van der Waals surface area (Å²) in [7, 11) is -3.51. The van der Waals surface area contributed by atoms with Crippen LogP contribution in [-0.2, 0) is 10.0 Å². The molecule has 3 N–H and O–H groups in total. The fraction of sp³-hybridized carbons (Fsp3) is 0.500. The van der Waals surface area contributed by atoms with Gasteiger partial charge >= 0.3 is 0 Å². The van der Waals surface area contributed by atoms with Crippen LogP contribution < -0.4 is 10.5 Å². The molecule has 0 spiro atoms. The Labute approximate surface area is 109 Å². The molecule has 1 aromatic heterocycles. The largest absolute Gasteiger partial charge is 0.326 e. The molecule has 0 saturated heterocycles. The second kappa shape index (κ2) is 5.01. The molecule has 1 heterocycles. The first-order valence-electron chi connectivity index (χ1n) is 5.35. The molecular weight excluding hydrogens is 306 g/mol. The Morgan fingerprint density at radius 2 is 2.24 bits per heavy atom. The van der Waals surface area contributed by atoms with E-state index >= 15 is 0 Å². The Hall–Kier alpha value is -0.500. The van der Waals surface area contributed by atoms with Crippen molar-refractivity contribution in [2.24, 2.45) is 11.7 Å². The van der Waals surface area contributed by atoms with E-state index in [0.29, 0.717) is 10.4 Å². The van der Waals surface area contributed by atoms with E-state index in [1.807, 2.05) is 0 Å². The molecule has 0 aromatic carbocycles. The van der Waals surface area contributed by atoms with Crippen LogP contribution in [0, 0.1) is 5.92 Å². The number of hydrogen-bond acceptors (Lipinski definition) is 4. The van der Waals surface area contributed by atoms with E-state index in [4.69, 9.17) is 5.73 Å². The number of rotatable bonds is 5. The van der Waals surface area contributed by atoms with Crippen molar-refractivity contribution >= 4 is 26.0 Å². The van der Waals surface area contributed by atoms with E-state index in [-0.39, 0.29) is 17.5 Å². The van der Waals surface area contributed by atoms with Crippen molar-refractivity contribution in [3.8, 4) is 0 Å². The minimum atomic E-state index is -3.51. The second-order valence-electron chi connectivity index (χ2n) is 4.19. The molecule has 0 amide bonds. The molecule has 0 aliphatic heterocycles. The van der Waals surface area contributed by atoms with E-state index in [9.17, 15) is 8.42 Å². The summed E-state index contributed by atoms with van der Waals surface area (Å²) in [5.41, 5.74) is 5.84. The lowest BCUT2D eigenvalue weighted by Gasteiger charge is -2.11. The fourth-order valence-electron chi connectivity index (χ4n) is 1.52. The van der Waals surface area contributed by atoms with Crippen molar-refractivity contribution in [2.75, 3.05) is 6.54 Å². The molecule has 7 heteroatoms. The summed E-state index contributed by atoms with van der Waals surface area (Å²) < 4.78 is 27.0. The molecule has 1 atom stereocenters. The molecule has 1 aliphatic rings. The van der Waals surface area contributed by atoms with Crippen LogP contribution in [0.25, 0.3) is 0 Å². The van der Waals surface area contributed by atoms with E-state index in [2.05, 4.69) is 25.6 Å². The molecule has 1 aromatic rings. The molecule has 17 heavy (non-hydrogen) atoms. The molecule has 1 aliphatic carbocycles. The maximum atomic E-state index is 11.9. The van der Waals surface area contributed by atoms with Crippen LogP contribution in [0.15, 0.2) is 27.8 Å². The molecule has 1 saturated carbocycles. The Morgan fingerprint density at radius 1 is 1.53 bits per heavy atom. The van der Waals surface area contributed by atoms with Gasteiger partial charge in [0, 0.05) is 29.5 Å². The fourth-order valence-corrected chi connectivity index (χ4v) is 3.10. The molecule has 0 bridgehead atoms. The maximum Gasteiger partial charge on any atom is 0.242 e. The number of pyridine rings is 1. The predicted molar refractivity (Wildman–Crippen MR) is 67.8 cm³/mol. The average Bonchev–Trinajstić information content (AvgIpc) is 3.10. The summed E-state index contributed by atoms with van der Waals surface area (Å²) in [4.78, 5) is 3.98. The zero-order valence-electron chi connectivity index (χ0n) is 9.14. The van der Waals surface area contributed by atoms with Gasteiger partial charge in [-0.3, -0.25) is 4.98 Å². The molecule has 5 nitrogen and oxygen atoms in total. The first kappa shape index (κ1) is 12.9. The highest BCUT2D eigenvalue weighted by atomic mass is 79.9. The van der Waals surface area contributed by atoms with Crippen LogP contribution in [0.2, 0.25) is 0 Å². The number of halogens is 1. The zero-order chi connectivity index (χ0) is 12.5. The first-order valence-corrected chi connectivity index (χ1v) is 7.62. The van der Waals surface area contributed by atoms with E-state index in [1.165, 1.54) is 18.5 Å².